The minimum Gasteiger partial charge on any atom is -0.376 e. The van der Waals surface area contributed by atoms with Gasteiger partial charge in [0.15, 0.2) is 0 Å². The first-order chi connectivity index (χ1) is 7.72. The maximum atomic E-state index is 5.86. The zero-order valence-corrected chi connectivity index (χ0v) is 10.6. The number of hydrogen-bond acceptors (Lipinski definition) is 3. The summed E-state index contributed by atoms with van der Waals surface area (Å²) >= 11 is 0. The van der Waals surface area contributed by atoms with Gasteiger partial charge in [0.25, 0.3) is 0 Å². The van der Waals surface area contributed by atoms with Gasteiger partial charge in [-0.3, -0.25) is 11.3 Å². The predicted octanol–water partition coefficient (Wildman–Crippen LogP) is 2.07. The Labute approximate surface area is 99.1 Å². The van der Waals surface area contributed by atoms with Gasteiger partial charge in [0, 0.05) is 6.61 Å². The third kappa shape index (κ3) is 2.58. The molecule has 0 bridgehead atoms. The second kappa shape index (κ2) is 5.48. The van der Waals surface area contributed by atoms with Crippen molar-refractivity contribution in [1.29, 1.82) is 0 Å². The molecule has 1 saturated heterocycles. The fourth-order valence-corrected chi connectivity index (χ4v) is 3.48. The number of nitrogens with one attached hydrogen (secondary N) is 1. The molecule has 1 saturated carbocycles. The molecule has 0 spiro atoms. The number of ether oxygens (including phenoxy) is 1. The standard InChI is InChI=1S/C13H26N2O/c1-9-4-3-5-11(8-9)12(15-14)13-10(2)6-7-16-13/h9-13,15H,3-8,14H2,1-2H3. The molecule has 3 heteroatoms. The molecule has 2 rings (SSSR count). The first-order valence-electron chi connectivity index (χ1n) is 6.80. The number of rotatable bonds is 3. The van der Waals surface area contributed by atoms with E-state index in [-0.39, 0.29) is 0 Å². The van der Waals surface area contributed by atoms with E-state index in [2.05, 4.69) is 19.3 Å². The van der Waals surface area contributed by atoms with Gasteiger partial charge in [-0.05, 0) is 37.0 Å². The molecule has 16 heavy (non-hydrogen) atoms. The molecule has 5 atom stereocenters. The van der Waals surface area contributed by atoms with Gasteiger partial charge in [0.1, 0.15) is 0 Å². The monoisotopic (exact) mass is 226 g/mol. The smallest absolute Gasteiger partial charge is 0.0770 e. The molecule has 3 N–H and O–H groups in total. The topological polar surface area (TPSA) is 47.3 Å². The quantitative estimate of drug-likeness (QED) is 0.572. The molecule has 0 aromatic rings. The van der Waals surface area contributed by atoms with Crippen LogP contribution in [0.1, 0.15) is 46.0 Å². The predicted molar refractivity (Wildman–Crippen MR) is 65.8 cm³/mol. The van der Waals surface area contributed by atoms with Crippen molar-refractivity contribution < 1.29 is 4.74 Å². The van der Waals surface area contributed by atoms with Crippen LogP contribution in [0.25, 0.3) is 0 Å². The molecule has 3 nitrogen and oxygen atoms in total. The van der Waals surface area contributed by atoms with Gasteiger partial charge in [0.2, 0.25) is 0 Å². The molecule has 1 aliphatic carbocycles. The van der Waals surface area contributed by atoms with Crippen LogP contribution in [-0.2, 0) is 4.74 Å². The number of hydrazine groups is 1. The molecule has 0 aromatic heterocycles. The van der Waals surface area contributed by atoms with E-state index in [9.17, 15) is 0 Å². The lowest BCUT2D eigenvalue weighted by Crippen LogP contribution is -2.51. The molecule has 2 aliphatic rings. The van der Waals surface area contributed by atoms with Crippen LogP contribution in [0.3, 0.4) is 0 Å². The maximum absolute atomic E-state index is 5.86. The summed E-state index contributed by atoms with van der Waals surface area (Å²) in [4.78, 5) is 0. The van der Waals surface area contributed by atoms with Crippen LogP contribution in [0.4, 0.5) is 0 Å². The maximum Gasteiger partial charge on any atom is 0.0770 e. The SMILES string of the molecule is CC1CCCC(C(NN)C2OCCC2C)C1. The lowest BCUT2D eigenvalue weighted by molar-refractivity contribution is 0.0288. The van der Waals surface area contributed by atoms with E-state index < -0.39 is 0 Å². The molecule has 94 valence electrons. The molecule has 0 amide bonds. The van der Waals surface area contributed by atoms with Crippen molar-refractivity contribution in [3.63, 3.8) is 0 Å². The highest BCUT2D eigenvalue weighted by atomic mass is 16.5. The molecule has 5 unspecified atom stereocenters. The second-order valence-electron chi connectivity index (χ2n) is 5.83. The summed E-state index contributed by atoms with van der Waals surface area (Å²) in [5, 5.41) is 0. The molecule has 2 fully saturated rings. The number of nitrogens with two attached hydrogens (primary N) is 1. The van der Waals surface area contributed by atoms with E-state index in [0.29, 0.717) is 24.0 Å². The zero-order chi connectivity index (χ0) is 11.5. The molecule has 1 heterocycles. The summed E-state index contributed by atoms with van der Waals surface area (Å²) in [5.74, 6) is 7.97. The third-order valence-electron chi connectivity index (χ3n) is 4.48. The Morgan fingerprint density at radius 1 is 1.25 bits per heavy atom. The van der Waals surface area contributed by atoms with Gasteiger partial charge in [-0.2, -0.15) is 0 Å². The highest BCUT2D eigenvalue weighted by molar-refractivity contribution is 4.90. The Morgan fingerprint density at radius 2 is 2.06 bits per heavy atom. The first-order valence-corrected chi connectivity index (χ1v) is 6.80. The first kappa shape index (κ1) is 12.3. The highest BCUT2D eigenvalue weighted by Gasteiger charge is 2.37. The van der Waals surface area contributed by atoms with E-state index in [1.807, 2.05) is 0 Å². The second-order valence-corrected chi connectivity index (χ2v) is 5.83. The van der Waals surface area contributed by atoms with Crippen molar-refractivity contribution >= 4 is 0 Å². The van der Waals surface area contributed by atoms with Crippen LogP contribution >= 0.6 is 0 Å². The average molecular weight is 226 g/mol. The van der Waals surface area contributed by atoms with Gasteiger partial charge in [-0.25, -0.2) is 0 Å². The van der Waals surface area contributed by atoms with E-state index in [4.69, 9.17) is 10.6 Å². The Kier molecular flexibility index (Phi) is 4.22. The summed E-state index contributed by atoms with van der Waals surface area (Å²) in [6.07, 6.45) is 6.87. The van der Waals surface area contributed by atoms with Crippen molar-refractivity contribution in [2.45, 2.75) is 58.1 Å². The lowest BCUT2D eigenvalue weighted by Gasteiger charge is -2.36. The third-order valence-corrected chi connectivity index (χ3v) is 4.48. The Balaban J connectivity index is 1.97. The van der Waals surface area contributed by atoms with Gasteiger partial charge in [-0.1, -0.05) is 26.7 Å². The van der Waals surface area contributed by atoms with Crippen molar-refractivity contribution in [1.82, 2.24) is 5.43 Å². The van der Waals surface area contributed by atoms with E-state index in [1.54, 1.807) is 0 Å². The fraction of sp³-hybridized carbons (Fsp3) is 1.00. The Morgan fingerprint density at radius 3 is 2.62 bits per heavy atom. The van der Waals surface area contributed by atoms with Crippen molar-refractivity contribution in [3.05, 3.63) is 0 Å². The van der Waals surface area contributed by atoms with E-state index in [1.165, 1.54) is 32.1 Å². The van der Waals surface area contributed by atoms with Crippen molar-refractivity contribution in [2.75, 3.05) is 6.61 Å². The largest absolute Gasteiger partial charge is 0.376 e. The number of hydrogen-bond donors (Lipinski definition) is 2. The van der Waals surface area contributed by atoms with Gasteiger partial charge < -0.3 is 4.74 Å². The average Bonchev–Trinajstić information content (AvgIpc) is 2.67. The summed E-state index contributed by atoms with van der Waals surface area (Å²) in [7, 11) is 0. The summed E-state index contributed by atoms with van der Waals surface area (Å²) in [6.45, 7) is 5.55. The van der Waals surface area contributed by atoms with Crippen LogP contribution in [0.5, 0.6) is 0 Å². The van der Waals surface area contributed by atoms with Gasteiger partial charge in [-0.15, -0.1) is 0 Å². The van der Waals surface area contributed by atoms with E-state index >= 15 is 0 Å². The van der Waals surface area contributed by atoms with Crippen molar-refractivity contribution in [2.24, 2.45) is 23.6 Å². The minimum absolute atomic E-state index is 0.334. The molecule has 0 radical (unpaired) electrons. The fourth-order valence-electron chi connectivity index (χ4n) is 3.48. The Bertz CT molecular complexity index is 222. The zero-order valence-electron chi connectivity index (χ0n) is 10.6. The van der Waals surface area contributed by atoms with Crippen molar-refractivity contribution in [3.8, 4) is 0 Å². The van der Waals surface area contributed by atoms with Crippen LogP contribution in [0.2, 0.25) is 0 Å². The molecular weight excluding hydrogens is 200 g/mol. The normalized spacial score (nSPS) is 42.2. The summed E-state index contributed by atoms with van der Waals surface area (Å²) < 4.78 is 5.86. The minimum atomic E-state index is 0.334. The van der Waals surface area contributed by atoms with Crippen LogP contribution in [0.15, 0.2) is 0 Å². The molecule has 0 aromatic carbocycles. The molecule has 1 aliphatic heterocycles. The van der Waals surface area contributed by atoms with Crippen LogP contribution < -0.4 is 11.3 Å². The van der Waals surface area contributed by atoms with Gasteiger partial charge >= 0.3 is 0 Å². The lowest BCUT2D eigenvalue weighted by atomic mass is 9.76. The summed E-state index contributed by atoms with van der Waals surface area (Å²) in [6, 6.07) is 0.361. The highest BCUT2D eigenvalue weighted by Crippen LogP contribution is 2.35. The van der Waals surface area contributed by atoms with Crippen LogP contribution in [-0.4, -0.2) is 18.8 Å². The molecular formula is C13H26N2O. The summed E-state index contributed by atoms with van der Waals surface area (Å²) in [5.41, 5.74) is 3.04. The van der Waals surface area contributed by atoms with Gasteiger partial charge in [0.05, 0.1) is 12.1 Å². The Hall–Kier alpha value is -0.120. The van der Waals surface area contributed by atoms with Crippen LogP contribution in [0, 0.1) is 17.8 Å². The van der Waals surface area contributed by atoms with E-state index in [0.717, 1.165) is 12.5 Å².